The SMILES string of the molecule is COC(=O)c1ccc2c(=O)n(-c3ccc4c(c3)OCO4)c(N3CCSC3)nc2c1. The number of carbonyl (C=O) groups excluding carboxylic acids is 1. The molecule has 5 rings (SSSR count). The highest BCUT2D eigenvalue weighted by Gasteiger charge is 2.23. The average molecular weight is 411 g/mol. The van der Waals surface area contributed by atoms with Gasteiger partial charge in [0, 0.05) is 18.4 Å². The first-order valence-electron chi connectivity index (χ1n) is 9.03. The molecule has 9 heteroatoms. The summed E-state index contributed by atoms with van der Waals surface area (Å²) in [5, 5.41) is 0.422. The van der Waals surface area contributed by atoms with E-state index in [1.54, 1.807) is 46.7 Å². The molecule has 0 N–H and O–H groups in total. The van der Waals surface area contributed by atoms with Crippen LogP contribution in [0.5, 0.6) is 11.5 Å². The van der Waals surface area contributed by atoms with Crippen LogP contribution in [0, 0.1) is 0 Å². The van der Waals surface area contributed by atoms with Crippen LogP contribution in [0.2, 0.25) is 0 Å². The largest absolute Gasteiger partial charge is 0.465 e. The molecule has 0 atom stereocenters. The lowest BCUT2D eigenvalue weighted by atomic mass is 10.1. The number of aromatic nitrogens is 2. The molecule has 0 radical (unpaired) electrons. The van der Waals surface area contributed by atoms with E-state index in [9.17, 15) is 9.59 Å². The molecule has 29 heavy (non-hydrogen) atoms. The van der Waals surface area contributed by atoms with Crippen molar-refractivity contribution in [1.29, 1.82) is 0 Å². The summed E-state index contributed by atoms with van der Waals surface area (Å²) in [6.45, 7) is 0.944. The molecule has 0 aliphatic carbocycles. The monoisotopic (exact) mass is 411 g/mol. The van der Waals surface area contributed by atoms with Gasteiger partial charge in [-0.05, 0) is 30.3 Å². The number of benzene rings is 2. The summed E-state index contributed by atoms with van der Waals surface area (Å²) in [4.78, 5) is 32.2. The van der Waals surface area contributed by atoms with Crippen molar-refractivity contribution in [3.63, 3.8) is 0 Å². The van der Waals surface area contributed by atoms with E-state index in [-0.39, 0.29) is 12.4 Å². The van der Waals surface area contributed by atoms with E-state index < -0.39 is 5.97 Å². The minimum absolute atomic E-state index is 0.162. The van der Waals surface area contributed by atoms with Crippen molar-refractivity contribution in [2.24, 2.45) is 0 Å². The molecular weight excluding hydrogens is 394 g/mol. The molecule has 0 unspecified atom stereocenters. The standard InChI is InChI=1S/C20H17N3O5S/c1-26-19(25)12-2-4-14-15(8-12)21-20(22-6-7-29-10-22)23(18(14)24)13-3-5-16-17(9-13)28-11-27-16/h2-5,8-9H,6-7,10-11H2,1H3. The van der Waals surface area contributed by atoms with Crippen molar-refractivity contribution in [3.05, 3.63) is 52.3 Å². The van der Waals surface area contributed by atoms with Gasteiger partial charge in [-0.25, -0.2) is 14.3 Å². The molecule has 0 amide bonds. The molecule has 3 aromatic rings. The summed E-state index contributed by atoms with van der Waals surface area (Å²) in [5.41, 5.74) is 1.26. The third kappa shape index (κ3) is 2.98. The van der Waals surface area contributed by atoms with Crippen molar-refractivity contribution < 1.29 is 19.0 Å². The Labute approximate surface area is 170 Å². The van der Waals surface area contributed by atoms with Crippen LogP contribution in [0.15, 0.2) is 41.2 Å². The van der Waals surface area contributed by atoms with Crippen LogP contribution >= 0.6 is 11.8 Å². The zero-order valence-electron chi connectivity index (χ0n) is 15.6. The fraction of sp³-hybridized carbons (Fsp3) is 0.250. The maximum absolute atomic E-state index is 13.5. The fourth-order valence-electron chi connectivity index (χ4n) is 3.46. The molecule has 1 aromatic heterocycles. The number of methoxy groups -OCH3 is 1. The first-order chi connectivity index (χ1) is 14.2. The lowest BCUT2D eigenvalue weighted by Gasteiger charge is -2.21. The number of hydrogen-bond donors (Lipinski definition) is 0. The summed E-state index contributed by atoms with van der Waals surface area (Å²) in [6, 6.07) is 10.2. The number of anilines is 1. The number of thioether (sulfide) groups is 1. The number of ether oxygens (including phenoxy) is 3. The van der Waals surface area contributed by atoms with E-state index in [1.807, 2.05) is 6.07 Å². The van der Waals surface area contributed by atoms with Gasteiger partial charge in [-0.1, -0.05) is 0 Å². The van der Waals surface area contributed by atoms with Gasteiger partial charge in [0.1, 0.15) is 0 Å². The van der Waals surface area contributed by atoms with Crippen LogP contribution in [-0.4, -0.2) is 47.6 Å². The maximum atomic E-state index is 13.5. The van der Waals surface area contributed by atoms with E-state index in [2.05, 4.69) is 4.90 Å². The predicted molar refractivity (Wildman–Crippen MR) is 109 cm³/mol. The second kappa shape index (κ2) is 7.00. The fourth-order valence-corrected chi connectivity index (χ4v) is 4.40. The summed E-state index contributed by atoms with van der Waals surface area (Å²) in [6.07, 6.45) is 0. The van der Waals surface area contributed by atoms with Crippen LogP contribution in [0.25, 0.3) is 16.6 Å². The van der Waals surface area contributed by atoms with Crippen LogP contribution in [0.4, 0.5) is 5.95 Å². The van der Waals surface area contributed by atoms with Crippen molar-refractivity contribution in [2.75, 3.05) is 37.0 Å². The van der Waals surface area contributed by atoms with Gasteiger partial charge in [-0.15, -0.1) is 11.8 Å². The summed E-state index contributed by atoms with van der Waals surface area (Å²) in [5.74, 6) is 3.00. The zero-order chi connectivity index (χ0) is 20.0. The Kier molecular flexibility index (Phi) is 4.31. The number of hydrogen-bond acceptors (Lipinski definition) is 8. The van der Waals surface area contributed by atoms with E-state index in [0.717, 1.165) is 18.2 Å². The Morgan fingerprint density at radius 2 is 2.03 bits per heavy atom. The Morgan fingerprint density at radius 1 is 1.17 bits per heavy atom. The smallest absolute Gasteiger partial charge is 0.337 e. The lowest BCUT2D eigenvalue weighted by molar-refractivity contribution is 0.0601. The topological polar surface area (TPSA) is 82.9 Å². The molecule has 0 bridgehead atoms. The minimum Gasteiger partial charge on any atom is -0.465 e. The predicted octanol–water partition coefficient (Wildman–Crippen LogP) is 2.41. The third-order valence-corrected chi connectivity index (χ3v) is 5.89. The Balaban J connectivity index is 1.75. The molecule has 3 heterocycles. The highest BCUT2D eigenvalue weighted by molar-refractivity contribution is 7.99. The minimum atomic E-state index is -0.466. The second-order valence-corrected chi connectivity index (χ2v) is 7.69. The molecule has 1 saturated heterocycles. The van der Waals surface area contributed by atoms with Gasteiger partial charge in [-0.3, -0.25) is 4.79 Å². The molecule has 148 valence electrons. The van der Waals surface area contributed by atoms with E-state index in [0.29, 0.717) is 39.6 Å². The number of esters is 1. The van der Waals surface area contributed by atoms with Crippen LogP contribution in [-0.2, 0) is 4.74 Å². The van der Waals surface area contributed by atoms with Gasteiger partial charge in [0.25, 0.3) is 5.56 Å². The van der Waals surface area contributed by atoms with Crippen molar-refractivity contribution in [1.82, 2.24) is 9.55 Å². The van der Waals surface area contributed by atoms with Gasteiger partial charge < -0.3 is 19.1 Å². The van der Waals surface area contributed by atoms with Crippen molar-refractivity contribution >= 4 is 34.6 Å². The molecule has 2 aliphatic heterocycles. The van der Waals surface area contributed by atoms with Crippen LogP contribution in [0.3, 0.4) is 0 Å². The Bertz CT molecular complexity index is 1190. The molecule has 8 nitrogen and oxygen atoms in total. The first-order valence-corrected chi connectivity index (χ1v) is 10.2. The van der Waals surface area contributed by atoms with Gasteiger partial charge >= 0.3 is 5.97 Å². The Morgan fingerprint density at radius 3 is 2.83 bits per heavy atom. The van der Waals surface area contributed by atoms with Crippen molar-refractivity contribution in [2.45, 2.75) is 0 Å². The van der Waals surface area contributed by atoms with E-state index >= 15 is 0 Å². The van der Waals surface area contributed by atoms with Gasteiger partial charge in [0.15, 0.2) is 11.5 Å². The highest BCUT2D eigenvalue weighted by Crippen LogP contribution is 2.34. The second-order valence-electron chi connectivity index (χ2n) is 6.61. The van der Waals surface area contributed by atoms with Gasteiger partial charge in [0.05, 0.1) is 35.1 Å². The van der Waals surface area contributed by atoms with Gasteiger partial charge in [-0.2, -0.15) is 0 Å². The lowest BCUT2D eigenvalue weighted by Crippen LogP contribution is -2.30. The summed E-state index contributed by atoms with van der Waals surface area (Å²) in [7, 11) is 1.32. The number of fused-ring (bicyclic) bond motifs is 2. The number of nitrogens with zero attached hydrogens (tertiary/aromatic N) is 3. The quantitative estimate of drug-likeness (QED) is 0.608. The zero-order valence-corrected chi connectivity index (χ0v) is 16.4. The van der Waals surface area contributed by atoms with E-state index in [4.69, 9.17) is 19.2 Å². The maximum Gasteiger partial charge on any atom is 0.337 e. The number of carbonyl (C=O) groups is 1. The van der Waals surface area contributed by atoms with Crippen molar-refractivity contribution in [3.8, 4) is 17.2 Å². The van der Waals surface area contributed by atoms with E-state index in [1.165, 1.54) is 7.11 Å². The summed E-state index contributed by atoms with van der Waals surface area (Å²) < 4.78 is 17.2. The molecule has 2 aliphatic rings. The normalized spacial score (nSPS) is 15.1. The average Bonchev–Trinajstić information content (AvgIpc) is 3.44. The Hall–Kier alpha value is -3.20. The third-order valence-electron chi connectivity index (χ3n) is 4.92. The molecule has 1 fully saturated rings. The molecular formula is C20H17N3O5S. The first kappa shape index (κ1) is 17.9. The van der Waals surface area contributed by atoms with Crippen LogP contribution in [0.1, 0.15) is 10.4 Å². The highest BCUT2D eigenvalue weighted by atomic mass is 32.2. The molecule has 0 spiro atoms. The van der Waals surface area contributed by atoms with Gasteiger partial charge in [0.2, 0.25) is 12.7 Å². The molecule has 0 saturated carbocycles. The molecule has 2 aromatic carbocycles. The van der Waals surface area contributed by atoms with Crippen LogP contribution < -0.4 is 19.9 Å². The number of rotatable bonds is 3. The summed E-state index contributed by atoms with van der Waals surface area (Å²) >= 11 is 1.78.